The summed E-state index contributed by atoms with van der Waals surface area (Å²) in [7, 11) is 0. The van der Waals surface area contributed by atoms with Gasteiger partial charge >= 0.3 is 0 Å². The van der Waals surface area contributed by atoms with E-state index in [2.05, 4.69) is 43.4 Å². The minimum absolute atomic E-state index is 0.188. The van der Waals surface area contributed by atoms with Gasteiger partial charge in [0.05, 0.1) is 0 Å². The molecule has 2 heteroatoms. The van der Waals surface area contributed by atoms with Gasteiger partial charge in [0.25, 0.3) is 0 Å². The lowest BCUT2D eigenvalue weighted by Gasteiger charge is -2.29. The zero-order valence-corrected chi connectivity index (χ0v) is 12.4. The molecule has 20 heavy (non-hydrogen) atoms. The molecule has 0 bridgehead atoms. The standard InChI is InChI=1S/C18H23NO/c1-14-9-11-16(12-10-14)13-15(2)19-18(3,20)17-7-5-4-6-8-17/h4-12,15,19-20H,13H2,1-3H3/t15-,18-/m1/s1. The Morgan fingerprint density at radius 3 is 2.25 bits per heavy atom. The van der Waals surface area contributed by atoms with E-state index >= 15 is 0 Å². The highest BCUT2D eigenvalue weighted by molar-refractivity contribution is 5.23. The van der Waals surface area contributed by atoms with Crippen molar-refractivity contribution in [3.05, 3.63) is 71.3 Å². The molecule has 0 unspecified atom stereocenters. The first kappa shape index (κ1) is 14.8. The van der Waals surface area contributed by atoms with Crippen LogP contribution in [0.15, 0.2) is 54.6 Å². The zero-order chi connectivity index (χ0) is 14.6. The van der Waals surface area contributed by atoms with Crippen molar-refractivity contribution >= 4 is 0 Å². The zero-order valence-electron chi connectivity index (χ0n) is 12.4. The molecule has 0 spiro atoms. The molecule has 0 radical (unpaired) electrons. The summed E-state index contributed by atoms with van der Waals surface area (Å²) in [4.78, 5) is 0. The second-order valence-electron chi connectivity index (χ2n) is 5.67. The fraction of sp³-hybridized carbons (Fsp3) is 0.333. The van der Waals surface area contributed by atoms with Gasteiger partial charge in [-0.05, 0) is 38.3 Å². The van der Waals surface area contributed by atoms with Crippen molar-refractivity contribution in [3.63, 3.8) is 0 Å². The summed E-state index contributed by atoms with van der Waals surface area (Å²) in [5, 5.41) is 13.9. The molecule has 0 aliphatic carbocycles. The maximum absolute atomic E-state index is 10.6. The van der Waals surface area contributed by atoms with Crippen LogP contribution in [0.3, 0.4) is 0 Å². The molecule has 0 aromatic heterocycles. The molecule has 2 N–H and O–H groups in total. The van der Waals surface area contributed by atoms with Gasteiger partial charge in [-0.25, -0.2) is 0 Å². The average molecular weight is 269 g/mol. The largest absolute Gasteiger partial charge is 0.372 e. The molecular formula is C18H23NO. The lowest BCUT2D eigenvalue weighted by molar-refractivity contribution is 0.00971. The minimum Gasteiger partial charge on any atom is -0.372 e. The van der Waals surface area contributed by atoms with Crippen molar-refractivity contribution in [2.75, 3.05) is 0 Å². The number of hydrogen-bond acceptors (Lipinski definition) is 2. The van der Waals surface area contributed by atoms with Crippen molar-refractivity contribution in [2.45, 2.75) is 39.0 Å². The molecule has 0 saturated carbocycles. The second-order valence-corrected chi connectivity index (χ2v) is 5.67. The number of aryl methyl sites for hydroxylation is 1. The SMILES string of the molecule is Cc1ccc(C[C@@H](C)N[C@](C)(O)c2ccccc2)cc1. The third kappa shape index (κ3) is 3.92. The van der Waals surface area contributed by atoms with Crippen molar-refractivity contribution in [3.8, 4) is 0 Å². The van der Waals surface area contributed by atoms with Crippen molar-refractivity contribution in [1.82, 2.24) is 5.32 Å². The number of rotatable bonds is 5. The first-order valence-electron chi connectivity index (χ1n) is 7.08. The summed E-state index contributed by atoms with van der Waals surface area (Å²) in [5.74, 6) is 0. The average Bonchev–Trinajstić information content (AvgIpc) is 2.42. The molecule has 106 valence electrons. The summed E-state index contributed by atoms with van der Waals surface area (Å²) in [5.41, 5.74) is 2.42. The molecular weight excluding hydrogens is 246 g/mol. The van der Waals surface area contributed by atoms with E-state index in [1.807, 2.05) is 30.3 Å². The van der Waals surface area contributed by atoms with Gasteiger partial charge in [0, 0.05) is 6.04 Å². The molecule has 2 aromatic carbocycles. The Morgan fingerprint density at radius 1 is 1.05 bits per heavy atom. The van der Waals surface area contributed by atoms with Crippen LogP contribution in [0.25, 0.3) is 0 Å². The van der Waals surface area contributed by atoms with Crippen LogP contribution in [0.4, 0.5) is 0 Å². The van der Waals surface area contributed by atoms with Crippen LogP contribution in [0, 0.1) is 6.92 Å². The van der Waals surface area contributed by atoms with E-state index in [0.717, 1.165) is 12.0 Å². The van der Waals surface area contributed by atoms with E-state index < -0.39 is 5.72 Å². The number of hydrogen-bond donors (Lipinski definition) is 2. The molecule has 0 fully saturated rings. The predicted octanol–water partition coefficient (Wildman–Crippen LogP) is 3.38. The summed E-state index contributed by atoms with van der Waals surface area (Å²) >= 11 is 0. The van der Waals surface area contributed by atoms with E-state index in [1.54, 1.807) is 6.92 Å². The summed E-state index contributed by atoms with van der Waals surface area (Å²) in [6.07, 6.45) is 0.892. The number of nitrogens with one attached hydrogen (secondary N) is 1. The van der Waals surface area contributed by atoms with Crippen LogP contribution in [0.2, 0.25) is 0 Å². The van der Waals surface area contributed by atoms with Crippen LogP contribution in [0.1, 0.15) is 30.5 Å². The van der Waals surface area contributed by atoms with Crippen LogP contribution in [-0.2, 0) is 12.1 Å². The first-order chi connectivity index (χ1) is 9.47. The van der Waals surface area contributed by atoms with Crippen molar-refractivity contribution in [1.29, 1.82) is 0 Å². The second kappa shape index (κ2) is 6.21. The Hall–Kier alpha value is -1.64. The van der Waals surface area contributed by atoms with Crippen LogP contribution < -0.4 is 5.32 Å². The van der Waals surface area contributed by atoms with Gasteiger partial charge in [0.2, 0.25) is 0 Å². The van der Waals surface area contributed by atoms with E-state index in [1.165, 1.54) is 11.1 Å². The summed E-state index contributed by atoms with van der Waals surface area (Å²) in [6.45, 7) is 5.98. The van der Waals surface area contributed by atoms with Crippen LogP contribution in [-0.4, -0.2) is 11.1 Å². The summed E-state index contributed by atoms with van der Waals surface area (Å²) < 4.78 is 0. The smallest absolute Gasteiger partial charge is 0.139 e. The molecule has 2 aromatic rings. The van der Waals surface area contributed by atoms with Gasteiger partial charge in [-0.15, -0.1) is 0 Å². The lowest BCUT2D eigenvalue weighted by Crippen LogP contribution is -2.45. The van der Waals surface area contributed by atoms with Crippen molar-refractivity contribution < 1.29 is 5.11 Å². The fourth-order valence-electron chi connectivity index (χ4n) is 2.45. The Morgan fingerprint density at radius 2 is 1.65 bits per heavy atom. The van der Waals surface area contributed by atoms with Gasteiger partial charge in [-0.2, -0.15) is 0 Å². The third-order valence-corrected chi connectivity index (χ3v) is 3.53. The normalized spacial score (nSPS) is 15.6. The third-order valence-electron chi connectivity index (χ3n) is 3.53. The van der Waals surface area contributed by atoms with Gasteiger partial charge in [-0.3, -0.25) is 5.32 Å². The van der Waals surface area contributed by atoms with E-state index in [0.29, 0.717) is 0 Å². The Labute approximate surface area is 121 Å². The van der Waals surface area contributed by atoms with Crippen LogP contribution in [0.5, 0.6) is 0 Å². The van der Waals surface area contributed by atoms with E-state index in [-0.39, 0.29) is 6.04 Å². The molecule has 2 nitrogen and oxygen atoms in total. The van der Waals surface area contributed by atoms with Crippen molar-refractivity contribution in [2.24, 2.45) is 0 Å². The molecule has 2 atom stereocenters. The molecule has 2 rings (SSSR count). The van der Waals surface area contributed by atoms with Crippen LogP contribution >= 0.6 is 0 Å². The Kier molecular flexibility index (Phi) is 4.58. The first-order valence-corrected chi connectivity index (χ1v) is 7.08. The number of benzene rings is 2. The highest BCUT2D eigenvalue weighted by Crippen LogP contribution is 2.18. The molecule has 0 saturated heterocycles. The Bertz CT molecular complexity index is 531. The molecule has 0 heterocycles. The monoisotopic (exact) mass is 269 g/mol. The van der Waals surface area contributed by atoms with E-state index in [9.17, 15) is 5.11 Å². The molecule has 0 aliphatic heterocycles. The highest BCUT2D eigenvalue weighted by Gasteiger charge is 2.24. The topological polar surface area (TPSA) is 32.3 Å². The number of aliphatic hydroxyl groups is 1. The minimum atomic E-state index is -1.01. The molecule has 0 amide bonds. The predicted molar refractivity (Wildman–Crippen MR) is 83.5 cm³/mol. The maximum atomic E-state index is 10.6. The van der Waals surface area contributed by atoms with E-state index in [4.69, 9.17) is 0 Å². The Balaban J connectivity index is 2.00. The summed E-state index contributed by atoms with van der Waals surface area (Å²) in [6, 6.07) is 18.4. The highest BCUT2D eigenvalue weighted by atomic mass is 16.3. The quantitative estimate of drug-likeness (QED) is 0.816. The molecule has 0 aliphatic rings. The van der Waals surface area contributed by atoms with Gasteiger partial charge in [0.1, 0.15) is 5.72 Å². The maximum Gasteiger partial charge on any atom is 0.139 e. The van der Waals surface area contributed by atoms with Gasteiger partial charge in [0.15, 0.2) is 0 Å². The van der Waals surface area contributed by atoms with Gasteiger partial charge < -0.3 is 5.11 Å². The van der Waals surface area contributed by atoms with Gasteiger partial charge in [-0.1, -0.05) is 60.2 Å². The lowest BCUT2D eigenvalue weighted by atomic mass is 10.0. The fourth-order valence-corrected chi connectivity index (χ4v) is 2.45.